The molecule has 1 aliphatic carbocycles. The monoisotopic (exact) mass is 864 g/mol. The molecule has 0 heterocycles. The van der Waals surface area contributed by atoms with Crippen LogP contribution in [0.2, 0.25) is 36.3 Å². The molecular formula is C46H66Br2O2Si2. The highest BCUT2D eigenvalue weighted by Gasteiger charge is 2.47. The molecule has 0 saturated heterocycles. The second-order valence-corrected chi connectivity index (χ2v) is 25.7. The van der Waals surface area contributed by atoms with Crippen molar-refractivity contribution in [2.45, 2.75) is 167 Å². The minimum atomic E-state index is -2.17. The van der Waals surface area contributed by atoms with E-state index < -0.39 is 16.6 Å². The summed E-state index contributed by atoms with van der Waals surface area (Å²) in [6, 6.07) is 30.4. The lowest BCUT2D eigenvalue weighted by Crippen LogP contribution is -2.45. The van der Waals surface area contributed by atoms with Gasteiger partial charge in [0.15, 0.2) is 16.6 Å². The number of rotatable bonds is 22. The summed E-state index contributed by atoms with van der Waals surface area (Å²) in [4.78, 5) is 0. The maximum atomic E-state index is 8.20. The Labute approximate surface area is 335 Å². The first kappa shape index (κ1) is 41.9. The van der Waals surface area contributed by atoms with E-state index in [-0.39, 0.29) is 12.2 Å². The highest BCUT2D eigenvalue weighted by molar-refractivity contribution is 9.11. The second kappa shape index (κ2) is 20.0. The van der Waals surface area contributed by atoms with Crippen LogP contribution in [0.4, 0.5) is 0 Å². The first-order valence-corrected chi connectivity index (χ1v) is 27.7. The van der Waals surface area contributed by atoms with Crippen LogP contribution in [-0.4, -0.2) is 16.6 Å². The van der Waals surface area contributed by atoms with Gasteiger partial charge >= 0.3 is 0 Å². The Bertz CT molecular complexity index is 1570. The SMILES string of the molecule is CCCC[Si](CCCC)(CCCC)O[C@H]1c2cc(Br)c3ccccc3c2-c2c(cc(Br)c3ccccc23)[C@@H]1O[Si](CCCC)(CCCC)CCCC. The number of halogens is 2. The van der Waals surface area contributed by atoms with Crippen LogP contribution >= 0.6 is 31.9 Å². The molecule has 0 fully saturated rings. The average molecular weight is 867 g/mol. The average Bonchev–Trinajstić information content (AvgIpc) is 3.17. The number of hydrogen-bond donors (Lipinski definition) is 0. The summed E-state index contributed by atoms with van der Waals surface area (Å²) in [5, 5.41) is 5.15. The van der Waals surface area contributed by atoms with Crippen molar-refractivity contribution in [3.8, 4) is 11.1 Å². The van der Waals surface area contributed by atoms with Crippen LogP contribution < -0.4 is 0 Å². The summed E-state index contributed by atoms with van der Waals surface area (Å²) in [7, 11) is -4.35. The molecule has 4 aromatic carbocycles. The minimum absolute atomic E-state index is 0.134. The van der Waals surface area contributed by atoms with Crippen molar-refractivity contribution in [1.29, 1.82) is 0 Å². The highest BCUT2D eigenvalue weighted by atomic mass is 79.9. The normalized spacial score (nSPS) is 16.1. The van der Waals surface area contributed by atoms with Crippen LogP contribution in [0.25, 0.3) is 32.7 Å². The van der Waals surface area contributed by atoms with Crippen molar-refractivity contribution >= 4 is 70.0 Å². The molecule has 0 amide bonds. The molecule has 0 bridgehead atoms. The zero-order chi connectivity index (χ0) is 37.1. The van der Waals surface area contributed by atoms with E-state index >= 15 is 0 Å². The maximum absolute atomic E-state index is 8.20. The molecular weight excluding hydrogens is 800 g/mol. The number of benzene rings is 4. The van der Waals surface area contributed by atoms with Crippen LogP contribution in [0, 0.1) is 0 Å². The summed E-state index contributed by atoms with van der Waals surface area (Å²) in [5.74, 6) is 0. The molecule has 0 N–H and O–H groups in total. The first-order valence-electron chi connectivity index (χ1n) is 21.1. The summed E-state index contributed by atoms with van der Waals surface area (Å²) in [6.07, 6.45) is 14.6. The largest absolute Gasteiger partial charge is 0.407 e. The molecule has 4 aromatic rings. The van der Waals surface area contributed by atoms with E-state index in [1.807, 2.05) is 0 Å². The fourth-order valence-electron chi connectivity index (χ4n) is 8.92. The van der Waals surface area contributed by atoms with Crippen LogP contribution in [0.3, 0.4) is 0 Å². The Morgan fingerprint density at radius 3 is 0.981 bits per heavy atom. The van der Waals surface area contributed by atoms with Crippen LogP contribution in [0.5, 0.6) is 0 Å². The number of hydrogen-bond acceptors (Lipinski definition) is 2. The van der Waals surface area contributed by atoms with Gasteiger partial charge in [-0.3, -0.25) is 0 Å². The van der Waals surface area contributed by atoms with E-state index in [1.54, 1.807) is 0 Å². The van der Waals surface area contributed by atoms with Gasteiger partial charge in [-0.25, -0.2) is 0 Å². The molecule has 6 heteroatoms. The molecule has 52 heavy (non-hydrogen) atoms. The van der Waals surface area contributed by atoms with E-state index in [1.165, 1.54) is 157 Å². The lowest BCUT2D eigenvalue weighted by atomic mass is 9.77. The molecule has 2 nitrogen and oxygen atoms in total. The van der Waals surface area contributed by atoms with Gasteiger partial charge in [0.25, 0.3) is 0 Å². The van der Waals surface area contributed by atoms with Crippen molar-refractivity contribution in [3.05, 3.63) is 80.7 Å². The van der Waals surface area contributed by atoms with E-state index in [0.717, 1.165) is 8.95 Å². The molecule has 5 rings (SSSR count). The Morgan fingerprint density at radius 1 is 0.442 bits per heavy atom. The lowest BCUT2D eigenvalue weighted by Gasteiger charge is -2.46. The Balaban J connectivity index is 1.86. The number of fused-ring (bicyclic) bond motifs is 7. The van der Waals surface area contributed by atoms with Gasteiger partial charge < -0.3 is 8.85 Å². The lowest BCUT2D eigenvalue weighted by molar-refractivity contribution is 0.0335. The second-order valence-electron chi connectivity index (χ2n) is 15.8. The van der Waals surface area contributed by atoms with E-state index in [2.05, 4.69) is 134 Å². The van der Waals surface area contributed by atoms with Gasteiger partial charge in [0, 0.05) is 8.95 Å². The molecule has 2 atom stereocenters. The number of unbranched alkanes of at least 4 members (excludes halogenated alkanes) is 6. The molecule has 0 aliphatic heterocycles. The highest BCUT2D eigenvalue weighted by Crippen LogP contribution is 2.57. The first-order chi connectivity index (χ1) is 25.3. The van der Waals surface area contributed by atoms with Crippen LogP contribution in [0.1, 0.15) is 142 Å². The summed E-state index contributed by atoms with van der Waals surface area (Å²) < 4.78 is 18.7. The van der Waals surface area contributed by atoms with Crippen LogP contribution in [-0.2, 0) is 8.85 Å². The predicted octanol–water partition coefficient (Wildman–Crippen LogP) is 17.0. The molecule has 284 valence electrons. The van der Waals surface area contributed by atoms with Crippen molar-refractivity contribution in [2.75, 3.05) is 0 Å². The van der Waals surface area contributed by atoms with Gasteiger partial charge in [-0.1, -0.05) is 199 Å². The quantitative estimate of drug-likeness (QED) is 0.0733. The fraction of sp³-hybridized carbons (Fsp3) is 0.565. The predicted molar refractivity (Wildman–Crippen MR) is 240 cm³/mol. The zero-order valence-corrected chi connectivity index (χ0v) is 38.4. The smallest absolute Gasteiger partial charge is 0.193 e. The Kier molecular flexibility index (Phi) is 16.1. The van der Waals surface area contributed by atoms with Gasteiger partial charge in [-0.15, -0.1) is 0 Å². The molecule has 0 spiro atoms. The zero-order valence-electron chi connectivity index (χ0n) is 33.2. The Hall–Kier alpha value is -1.29. The Morgan fingerprint density at radius 2 is 0.712 bits per heavy atom. The van der Waals surface area contributed by atoms with E-state index in [9.17, 15) is 0 Å². The maximum Gasteiger partial charge on any atom is 0.193 e. The van der Waals surface area contributed by atoms with E-state index in [4.69, 9.17) is 8.85 Å². The standard InChI is InChI=1S/C46H66Br2O2Si2/c1-7-13-27-51(28-14-8-2,29-15-9-3)49-45-39-33-41(47)35-23-19-21-25-37(35)43(39)44-38-26-22-20-24-36(38)42(48)34-40(44)46(45)50-52(30-16-10-4,31-17-11-5)32-18-12-6/h19-26,33-34,45-46H,7-18,27-32H2,1-6H3/t45-,46-/m0/s1. The van der Waals surface area contributed by atoms with Gasteiger partial charge in [0.2, 0.25) is 0 Å². The minimum Gasteiger partial charge on any atom is -0.407 e. The van der Waals surface area contributed by atoms with Crippen molar-refractivity contribution < 1.29 is 8.85 Å². The molecule has 0 aromatic heterocycles. The van der Waals surface area contributed by atoms with Gasteiger partial charge in [0.05, 0.1) is 0 Å². The molecule has 0 unspecified atom stereocenters. The van der Waals surface area contributed by atoms with E-state index in [0.29, 0.717) is 0 Å². The van der Waals surface area contributed by atoms with Crippen LogP contribution in [0.15, 0.2) is 69.6 Å². The van der Waals surface area contributed by atoms with Crippen molar-refractivity contribution in [3.63, 3.8) is 0 Å². The molecule has 0 radical (unpaired) electrons. The summed E-state index contributed by atoms with van der Waals surface area (Å²) in [5.41, 5.74) is 5.38. The molecule has 1 aliphatic rings. The fourth-order valence-corrected chi connectivity index (χ4v) is 19.9. The van der Waals surface area contributed by atoms with Crippen molar-refractivity contribution in [1.82, 2.24) is 0 Å². The summed E-state index contributed by atoms with van der Waals surface area (Å²) >= 11 is 8.22. The summed E-state index contributed by atoms with van der Waals surface area (Å²) in [6.45, 7) is 14.2. The third-order valence-electron chi connectivity index (χ3n) is 11.9. The molecule has 0 saturated carbocycles. The third-order valence-corrected chi connectivity index (χ3v) is 22.3. The van der Waals surface area contributed by atoms with Gasteiger partial charge in [-0.2, -0.15) is 0 Å². The van der Waals surface area contributed by atoms with Crippen molar-refractivity contribution in [2.24, 2.45) is 0 Å². The van der Waals surface area contributed by atoms with Gasteiger partial charge in [0.1, 0.15) is 12.2 Å². The topological polar surface area (TPSA) is 18.5 Å². The third kappa shape index (κ3) is 9.38. The van der Waals surface area contributed by atoms with Gasteiger partial charge in [-0.05, 0) is 92.2 Å².